The highest BCUT2D eigenvalue weighted by Crippen LogP contribution is 2.33. The fourth-order valence-corrected chi connectivity index (χ4v) is 10.4. The number of likely N-dealkylation sites (tertiary alicyclic amines) is 1. The molecule has 3 atom stereocenters. The lowest BCUT2D eigenvalue weighted by Crippen LogP contribution is -2.50. The summed E-state index contributed by atoms with van der Waals surface area (Å²) in [5.41, 5.74) is -0.730. The molecule has 24 nitrogen and oxygen atoms in total. The number of benzene rings is 1. The molecule has 0 radical (unpaired) electrons. The molecule has 1 saturated carbocycles. The molecule has 2 aliphatic rings. The van der Waals surface area contributed by atoms with Crippen molar-refractivity contribution in [2.75, 3.05) is 138 Å². The van der Waals surface area contributed by atoms with Crippen LogP contribution in [0.5, 0.6) is 0 Å². The SMILES string of the molecule is CC(=O)CCOCCOCCOCCOCCCC(=O)CCC1C(=O)CC(SC[C@H](CC(=O)COCC(=O)Cc2ccc(CCC(=O)N3CCC3=O)cc2)C(=O)NCCOCCOCCOCCOCCC(=O)C(C(C)=O)(C(C)=O)C(C)=O)C1=O. The number of carbonyl (C=O) groups excluding carboxylic acids is 13. The van der Waals surface area contributed by atoms with Crippen molar-refractivity contribution in [1.82, 2.24) is 10.2 Å². The molecule has 474 valence electrons. The number of carbonyl (C=O) groups is 13. The lowest BCUT2D eigenvalue weighted by atomic mass is 9.72. The van der Waals surface area contributed by atoms with Gasteiger partial charge in [0.05, 0.1) is 116 Å². The molecule has 25 heteroatoms. The smallest absolute Gasteiger partial charge is 0.230 e. The summed E-state index contributed by atoms with van der Waals surface area (Å²) in [7, 11) is 0. The van der Waals surface area contributed by atoms with Crippen LogP contribution >= 0.6 is 11.8 Å². The van der Waals surface area contributed by atoms with Crippen LogP contribution in [0.1, 0.15) is 103 Å². The molecule has 3 amide bonds. The van der Waals surface area contributed by atoms with E-state index in [0.717, 1.165) is 38.1 Å². The highest BCUT2D eigenvalue weighted by molar-refractivity contribution is 8.00. The van der Waals surface area contributed by atoms with Crippen molar-refractivity contribution in [3.8, 4) is 0 Å². The zero-order chi connectivity index (χ0) is 62.4. The average molecular weight is 1220 g/mol. The standard InChI is InChI=1S/C60H86N2O22S/c1-42(63)16-21-77-25-29-81-33-32-80-28-24-76-20-5-6-49(67)12-13-52-53(70)38-54(58(52)74)85-41-48(37-51(69)40-84-39-50(68)36-47-9-7-46(8-10-47)11-14-56(72)62-19-15-57(62)73)59(75)61-18-23-79-27-31-83-35-34-82-30-26-78-22-17-55(71)60(43(2)64,44(3)65)45(4)66/h7-10,48,52,54H,5-6,11-41H2,1-4H3,(H,61,75)/t48-,52?,54?/m0/s1. The van der Waals surface area contributed by atoms with Gasteiger partial charge in [0.2, 0.25) is 23.1 Å². The molecule has 1 N–H and O–H groups in total. The van der Waals surface area contributed by atoms with E-state index < -0.39 is 63.9 Å². The summed E-state index contributed by atoms with van der Waals surface area (Å²) in [6.07, 6.45) is 1.56. The molecule has 1 aromatic rings. The number of amides is 3. The predicted molar refractivity (Wildman–Crippen MR) is 306 cm³/mol. The molecule has 2 unspecified atom stereocenters. The van der Waals surface area contributed by atoms with Gasteiger partial charge in [-0.1, -0.05) is 24.3 Å². The first kappa shape index (κ1) is 73.8. The number of hydrogen-bond donors (Lipinski definition) is 1. The largest absolute Gasteiger partial charge is 0.379 e. The lowest BCUT2D eigenvalue weighted by Gasteiger charge is -2.28. The zero-order valence-corrected chi connectivity index (χ0v) is 50.5. The Hall–Kier alpha value is -5.48. The molecule has 0 aromatic heterocycles. The van der Waals surface area contributed by atoms with Gasteiger partial charge in [0.15, 0.2) is 40.5 Å². The van der Waals surface area contributed by atoms with Gasteiger partial charge in [-0.15, -0.1) is 11.8 Å². The highest BCUT2D eigenvalue weighted by atomic mass is 32.2. The summed E-state index contributed by atoms with van der Waals surface area (Å²) in [5, 5.41) is 1.99. The third-order valence-electron chi connectivity index (χ3n) is 13.8. The van der Waals surface area contributed by atoms with E-state index in [4.69, 9.17) is 42.6 Å². The minimum atomic E-state index is -2.31. The predicted octanol–water partition coefficient (Wildman–Crippen LogP) is 2.41. The van der Waals surface area contributed by atoms with E-state index in [2.05, 4.69) is 5.32 Å². The van der Waals surface area contributed by atoms with Gasteiger partial charge in [0, 0.05) is 83.2 Å². The Kier molecular flexibility index (Phi) is 36.8. The Balaban J connectivity index is 1.37. The third kappa shape index (κ3) is 28.7. The van der Waals surface area contributed by atoms with Crippen LogP contribution in [0, 0.1) is 17.3 Å². The van der Waals surface area contributed by atoms with Crippen LogP contribution < -0.4 is 5.32 Å². The van der Waals surface area contributed by atoms with Crippen LogP contribution in [0.3, 0.4) is 0 Å². The van der Waals surface area contributed by atoms with Crippen molar-refractivity contribution < 1.29 is 105 Å². The first-order chi connectivity index (χ1) is 40.8. The summed E-state index contributed by atoms with van der Waals surface area (Å²) >= 11 is 1.10. The molecule has 2 fully saturated rings. The number of ketones is 10. The van der Waals surface area contributed by atoms with Crippen LogP contribution in [0.4, 0.5) is 0 Å². The zero-order valence-electron chi connectivity index (χ0n) is 49.7. The van der Waals surface area contributed by atoms with Crippen LogP contribution in [-0.4, -0.2) is 223 Å². The molecule has 1 aliphatic heterocycles. The number of imide groups is 1. The van der Waals surface area contributed by atoms with Crippen molar-refractivity contribution in [3.63, 3.8) is 0 Å². The van der Waals surface area contributed by atoms with Gasteiger partial charge in [0.25, 0.3) is 0 Å². The van der Waals surface area contributed by atoms with Crippen molar-refractivity contribution in [1.29, 1.82) is 0 Å². The number of Topliss-reactive ketones (excluding diaryl/α,β-unsaturated/α-hetero) is 10. The van der Waals surface area contributed by atoms with E-state index in [1.54, 1.807) is 24.3 Å². The molecular formula is C60H86N2O22S. The van der Waals surface area contributed by atoms with Gasteiger partial charge < -0.3 is 47.9 Å². The Morgan fingerprint density at radius 3 is 1.60 bits per heavy atom. The minimum absolute atomic E-state index is 0.0111. The summed E-state index contributed by atoms with van der Waals surface area (Å²) in [5.74, 6) is -7.45. The number of nitrogens with one attached hydrogen (secondary N) is 1. The Morgan fingerprint density at radius 2 is 1.08 bits per heavy atom. The van der Waals surface area contributed by atoms with E-state index in [1.165, 1.54) is 11.8 Å². The maximum Gasteiger partial charge on any atom is 0.230 e. The van der Waals surface area contributed by atoms with Crippen molar-refractivity contribution in [3.05, 3.63) is 35.4 Å². The van der Waals surface area contributed by atoms with Crippen molar-refractivity contribution >= 4 is 87.3 Å². The first-order valence-electron chi connectivity index (χ1n) is 28.9. The molecule has 3 rings (SSSR count). The van der Waals surface area contributed by atoms with Gasteiger partial charge in [0.1, 0.15) is 30.6 Å². The second-order valence-corrected chi connectivity index (χ2v) is 21.8. The maximum absolute atomic E-state index is 13.6. The molecule has 0 spiro atoms. The third-order valence-corrected chi connectivity index (χ3v) is 15.2. The Bertz CT molecular complexity index is 2340. The maximum atomic E-state index is 13.6. The quantitative estimate of drug-likeness (QED) is 0.0556. The van der Waals surface area contributed by atoms with E-state index in [-0.39, 0.29) is 164 Å². The molecule has 1 heterocycles. The first-order valence-corrected chi connectivity index (χ1v) is 30.0. The van der Waals surface area contributed by atoms with Crippen molar-refractivity contribution in [2.24, 2.45) is 17.3 Å². The molecule has 1 saturated heterocycles. The average Bonchev–Trinajstić information content (AvgIpc) is 3.92. The van der Waals surface area contributed by atoms with Crippen LogP contribution in [0.25, 0.3) is 0 Å². The van der Waals surface area contributed by atoms with Gasteiger partial charge >= 0.3 is 0 Å². The molecule has 85 heavy (non-hydrogen) atoms. The monoisotopic (exact) mass is 1220 g/mol. The Labute approximate surface area is 501 Å². The Morgan fingerprint density at radius 1 is 0.576 bits per heavy atom. The van der Waals surface area contributed by atoms with E-state index in [0.29, 0.717) is 90.6 Å². The topological polar surface area (TPSA) is 320 Å². The van der Waals surface area contributed by atoms with Gasteiger partial charge in [-0.05, 0) is 58.1 Å². The minimum Gasteiger partial charge on any atom is -0.379 e. The van der Waals surface area contributed by atoms with Gasteiger partial charge in [-0.3, -0.25) is 67.2 Å². The number of thioether (sulfide) groups is 1. The number of nitrogens with zero attached hydrogens (tertiary/aromatic N) is 1. The normalized spacial score (nSPS) is 15.4. The van der Waals surface area contributed by atoms with Crippen LogP contribution in [0.15, 0.2) is 24.3 Å². The van der Waals surface area contributed by atoms with E-state index in [9.17, 15) is 62.3 Å². The van der Waals surface area contributed by atoms with Crippen LogP contribution in [0.2, 0.25) is 0 Å². The highest BCUT2D eigenvalue weighted by Gasteiger charge is 2.51. The summed E-state index contributed by atoms with van der Waals surface area (Å²) in [6.45, 7) is 8.30. The molecule has 0 bridgehead atoms. The van der Waals surface area contributed by atoms with Crippen molar-refractivity contribution in [2.45, 2.75) is 110 Å². The number of ether oxygens (including phenoxy) is 9. The van der Waals surface area contributed by atoms with Gasteiger partial charge in [-0.2, -0.15) is 0 Å². The number of hydrogen-bond acceptors (Lipinski definition) is 23. The van der Waals surface area contributed by atoms with E-state index >= 15 is 0 Å². The summed E-state index contributed by atoms with van der Waals surface area (Å²) in [4.78, 5) is 164. The lowest BCUT2D eigenvalue weighted by molar-refractivity contribution is -0.155. The summed E-state index contributed by atoms with van der Waals surface area (Å²) < 4.78 is 49.1. The number of aryl methyl sites for hydroxylation is 1. The summed E-state index contributed by atoms with van der Waals surface area (Å²) in [6, 6.07) is 7.14. The number of β-lactam (4-membered cyclic amide) rings is 1. The molecule has 1 aromatic carbocycles. The fourth-order valence-electron chi connectivity index (χ4n) is 9.01. The van der Waals surface area contributed by atoms with E-state index in [1.807, 2.05) is 0 Å². The molecule has 1 aliphatic carbocycles. The second kappa shape index (κ2) is 42.4. The van der Waals surface area contributed by atoms with Crippen LogP contribution in [-0.2, 0) is 118 Å². The molecular weight excluding hydrogens is 1130 g/mol. The second-order valence-electron chi connectivity index (χ2n) is 20.5. The fraction of sp³-hybridized carbons (Fsp3) is 0.683. The van der Waals surface area contributed by atoms with Gasteiger partial charge in [-0.25, -0.2) is 0 Å². The number of rotatable bonds is 53.